The minimum atomic E-state index is -0.445. The molecule has 1 heterocycles. The van der Waals surface area contributed by atoms with Crippen molar-refractivity contribution >= 4 is 28.5 Å². The highest BCUT2D eigenvalue weighted by atomic mass is 35.5. The van der Waals surface area contributed by atoms with Crippen molar-refractivity contribution in [3.05, 3.63) is 58.7 Å². The maximum Gasteiger partial charge on any atom is 0.337 e. The fourth-order valence-corrected chi connectivity index (χ4v) is 2.91. The number of nitriles is 1. The van der Waals surface area contributed by atoms with E-state index >= 15 is 0 Å². The fourth-order valence-electron chi connectivity index (χ4n) is 2.65. The van der Waals surface area contributed by atoms with Gasteiger partial charge in [-0.15, -0.1) is 0 Å². The van der Waals surface area contributed by atoms with Gasteiger partial charge in [-0.25, -0.2) is 4.79 Å². The maximum atomic E-state index is 11.9. The average Bonchev–Trinajstić information content (AvgIpc) is 2.66. The second kappa shape index (κ2) is 6.80. The summed E-state index contributed by atoms with van der Waals surface area (Å²) in [5.74, 6) is 0.0662. The fraction of sp³-hybridized carbons (Fsp3) is 0.105. The van der Waals surface area contributed by atoms with Crippen molar-refractivity contribution in [2.75, 3.05) is 14.2 Å². The van der Waals surface area contributed by atoms with Crippen LogP contribution in [0.4, 0.5) is 0 Å². The van der Waals surface area contributed by atoms with E-state index in [1.807, 2.05) is 0 Å². The number of nitrogens with zero attached hydrogens (tertiary/aromatic N) is 2. The van der Waals surface area contributed by atoms with E-state index in [9.17, 15) is 4.79 Å². The molecular weight excluding hydrogens is 340 g/mol. The molecule has 0 saturated carbocycles. The number of carbonyl (C=O) groups is 1. The van der Waals surface area contributed by atoms with Crippen molar-refractivity contribution in [1.29, 1.82) is 5.26 Å². The Morgan fingerprint density at radius 2 is 2.00 bits per heavy atom. The lowest BCUT2D eigenvalue weighted by atomic mass is 9.98. The summed E-state index contributed by atoms with van der Waals surface area (Å²) in [4.78, 5) is 16.2. The van der Waals surface area contributed by atoms with Crippen LogP contribution in [0.25, 0.3) is 22.0 Å². The molecular formula is C19H13ClN2O3. The van der Waals surface area contributed by atoms with Gasteiger partial charge in [0.25, 0.3) is 0 Å². The molecule has 0 spiro atoms. The van der Waals surface area contributed by atoms with Crippen molar-refractivity contribution < 1.29 is 14.3 Å². The van der Waals surface area contributed by atoms with Crippen LogP contribution in [0.3, 0.4) is 0 Å². The van der Waals surface area contributed by atoms with Gasteiger partial charge < -0.3 is 9.47 Å². The van der Waals surface area contributed by atoms with Crippen LogP contribution in [-0.4, -0.2) is 25.2 Å². The Bertz CT molecular complexity index is 1030. The van der Waals surface area contributed by atoms with E-state index in [0.29, 0.717) is 43.9 Å². The first-order chi connectivity index (χ1) is 12.1. The minimum absolute atomic E-state index is 0.396. The number of halogens is 1. The van der Waals surface area contributed by atoms with Crippen molar-refractivity contribution in [2.45, 2.75) is 0 Å². The quantitative estimate of drug-likeness (QED) is 0.660. The molecule has 6 heteroatoms. The Morgan fingerprint density at radius 1 is 1.20 bits per heavy atom. The van der Waals surface area contributed by atoms with Gasteiger partial charge in [0.05, 0.1) is 42.0 Å². The number of fused-ring (bicyclic) bond motifs is 1. The predicted octanol–water partition coefficient (Wildman–Crippen LogP) is 4.22. The molecule has 0 aliphatic heterocycles. The van der Waals surface area contributed by atoms with Crippen molar-refractivity contribution in [3.63, 3.8) is 0 Å². The lowest BCUT2D eigenvalue weighted by molar-refractivity contribution is 0.0601. The lowest BCUT2D eigenvalue weighted by Crippen LogP contribution is -2.01. The summed E-state index contributed by atoms with van der Waals surface area (Å²) >= 11 is 6.41. The van der Waals surface area contributed by atoms with Gasteiger partial charge in [-0.1, -0.05) is 11.6 Å². The van der Waals surface area contributed by atoms with E-state index in [-0.39, 0.29) is 0 Å². The number of hydrogen-bond acceptors (Lipinski definition) is 5. The van der Waals surface area contributed by atoms with Crippen LogP contribution in [0, 0.1) is 11.3 Å². The second-order valence-corrected chi connectivity index (χ2v) is 5.64. The third kappa shape index (κ3) is 3.00. The van der Waals surface area contributed by atoms with Gasteiger partial charge in [0.15, 0.2) is 0 Å². The van der Waals surface area contributed by atoms with E-state index in [4.69, 9.17) is 26.3 Å². The molecule has 3 aromatic rings. The zero-order valence-electron chi connectivity index (χ0n) is 13.5. The molecule has 0 fully saturated rings. The molecule has 124 valence electrons. The summed E-state index contributed by atoms with van der Waals surface area (Å²) in [5.41, 5.74) is 2.94. The van der Waals surface area contributed by atoms with E-state index in [0.717, 1.165) is 0 Å². The van der Waals surface area contributed by atoms with E-state index in [1.54, 1.807) is 42.6 Å². The number of aromatic nitrogens is 1. The zero-order chi connectivity index (χ0) is 18.0. The lowest BCUT2D eigenvalue weighted by Gasteiger charge is -2.13. The Morgan fingerprint density at radius 3 is 2.68 bits per heavy atom. The van der Waals surface area contributed by atoms with E-state index < -0.39 is 5.97 Å². The topological polar surface area (TPSA) is 72.2 Å². The monoisotopic (exact) mass is 352 g/mol. The van der Waals surface area contributed by atoms with Gasteiger partial charge in [-0.2, -0.15) is 5.26 Å². The molecule has 3 rings (SSSR count). The Balaban J connectivity index is 2.34. The van der Waals surface area contributed by atoms with Crippen LogP contribution < -0.4 is 4.74 Å². The zero-order valence-corrected chi connectivity index (χ0v) is 14.3. The highest BCUT2D eigenvalue weighted by Gasteiger charge is 2.16. The molecule has 0 aliphatic carbocycles. The molecule has 0 bridgehead atoms. The van der Waals surface area contributed by atoms with Crippen molar-refractivity contribution in [3.8, 4) is 22.9 Å². The smallest absolute Gasteiger partial charge is 0.337 e. The molecule has 2 aromatic carbocycles. The Hall–Kier alpha value is -3.10. The highest BCUT2D eigenvalue weighted by molar-refractivity contribution is 6.35. The highest BCUT2D eigenvalue weighted by Crippen LogP contribution is 2.39. The van der Waals surface area contributed by atoms with Gasteiger partial charge >= 0.3 is 5.97 Å². The first-order valence-corrected chi connectivity index (χ1v) is 7.72. The molecule has 0 radical (unpaired) electrons. The predicted molar refractivity (Wildman–Crippen MR) is 94.8 cm³/mol. The summed E-state index contributed by atoms with van der Waals surface area (Å²) in [5, 5.41) is 10.2. The number of rotatable bonds is 3. The average molecular weight is 353 g/mol. The number of pyridine rings is 1. The Kier molecular flexibility index (Phi) is 4.55. The molecule has 0 amide bonds. The van der Waals surface area contributed by atoms with Crippen LogP contribution in [-0.2, 0) is 4.74 Å². The molecule has 0 unspecified atom stereocenters. The van der Waals surface area contributed by atoms with Crippen LogP contribution in [0.15, 0.2) is 42.6 Å². The maximum absolute atomic E-state index is 11.9. The van der Waals surface area contributed by atoms with Crippen molar-refractivity contribution in [2.24, 2.45) is 0 Å². The molecule has 0 atom stereocenters. The van der Waals surface area contributed by atoms with Gasteiger partial charge in [-0.3, -0.25) is 4.98 Å². The SMILES string of the molecule is COC(=O)c1ccc2ncc(Cl)c(-c3ccc(C#N)cc3OC)c2c1. The van der Waals surface area contributed by atoms with Gasteiger partial charge in [0, 0.05) is 22.7 Å². The largest absolute Gasteiger partial charge is 0.496 e. The summed E-state index contributed by atoms with van der Waals surface area (Å²) in [6, 6.07) is 12.2. The first kappa shape index (κ1) is 16.7. The molecule has 0 N–H and O–H groups in total. The van der Waals surface area contributed by atoms with Gasteiger partial charge in [-0.05, 0) is 36.4 Å². The first-order valence-electron chi connectivity index (χ1n) is 7.34. The molecule has 0 aliphatic rings. The minimum Gasteiger partial charge on any atom is -0.496 e. The van der Waals surface area contributed by atoms with Gasteiger partial charge in [0.1, 0.15) is 5.75 Å². The van der Waals surface area contributed by atoms with Gasteiger partial charge in [0.2, 0.25) is 0 Å². The summed E-state index contributed by atoms with van der Waals surface area (Å²) in [6.07, 6.45) is 1.55. The van der Waals surface area contributed by atoms with E-state index in [1.165, 1.54) is 14.2 Å². The molecule has 5 nitrogen and oxygen atoms in total. The summed E-state index contributed by atoms with van der Waals surface area (Å²) < 4.78 is 10.2. The normalized spacial score (nSPS) is 10.3. The summed E-state index contributed by atoms with van der Waals surface area (Å²) in [6.45, 7) is 0. The van der Waals surface area contributed by atoms with Crippen LogP contribution in [0.2, 0.25) is 5.02 Å². The second-order valence-electron chi connectivity index (χ2n) is 5.23. The van der Waals surface area contributed by atoms with Crippen LogP contribution >= 0.6 is 11.6 Å². The van der Waals surface area contributed by atoms with Crippen LogP contribution in [0.5, 0.6) is 5.75 Å². The summed E-state index contributed by atoms with van der Waals surface area (Å²) in [7, 11) is 2.85. The number of benzene rings is 2. The standard InChI is InChI=1S/C19H13ClN2O3/c1-24-17-7-11(9-21)3-5-13(17)18-14-8-12(19(23)25-2)4-6-16(14)22-10-15(18)20/h3-8,10H,1-2H3. The Labute approximate surface area is 149 Å². The van der Waals surface area contributed by atoms with Crippen LogP contribution in [0.1, 0.15) is 15.9 Å². The third-order valence-corrected chi connectivity index (χ3v) is 4.13. The number of methoxy groups -OCH3 is 2. The van der Waals surface area contributed by atoms with Crippen molar-refractivity contribution in [1.82, 2.24) is 4.98 Å². The number of carbonyl (C=O) groups excluding carboxylic acids is 1. The molecule has 1 aromatic heterocycles. The number of hydrogen-bond donors (Lipinski definition) is 0. The number of esters is 1. The third-order valence-electron chi connectivity index (χ3n) is 3.84. The van der Waals surface area contributed by atoms with E-state index in [2.05, 4.69) is 11.1 Å². The number of ether oxygens (including phenoxy) is 2. The molecule has 25 heavy (non-hydrogen) atoms. The molecule has 0 saturated heterocycles.